The normalized spacial score (nSPS) is 17.2. The van der Waals surface area contributed by atoms with E-state index < -0.39 is 0 Å². The summed E-state index contributed by atoms with van der Waals surface area (Å²) in [4.78, 5) is 27.6. The van der Waals surface area contributed by atoms with Gasteiger partial charge < -0.3 is 10.2 Å². The van der Waals surface area contributed by atoms with E-state index in [2.05, 4.69) is 12.2 Å². The van der Waals surface area contributed by atoms with Crippen molar-refractivity contribution in [3.63, 3.8) is 0 Å². The van der Waals surface area contributed by atoms with Crippen LogP contribution in [-0.4, -0.2) is 29.8 Å². The SMILES string of the molecule is CCCC1CCCN(C(=O)c2ccccc2NC(=O)c2ccccc2)CC1. The van der Waals surface area contributed by atoms with Gasteiger partial charge in [-0.2, -0.15) is 0 Å². The molecule has 4 nitrogen and oxygen atoms in total. The predicted molar refractivity (Wildman–Crippen MR) is 109 cm³/mol. The molecule has 2 aromatic carbocycles. The van der Waals surface area contributed by atoms with E-state index >= 15 is 0 Å². The average molecular weight is 364 g/mol. The first kappa shape index (κ1) is 19.2. The van der Waals surface area contributed by atoms with E-state index in [-0.39, 0.29) is 11.8 Å². The standard InChI is InChI=1S/C23H28N2O2/c1-2-9-18-10-8-16-25(17-15-18)23(27)20-13-6-7-14-21(20)24-22(26)19-11-4-3-5-12-19/h3-7,11-14,18H,2,8-10,15-17H2,1H3,(H,24,26). The number of rotatable bonds is 5. The van der Waals surface area contributed by atoms with Crippen LogP contribution in [0.15, 0.2) is 54.6 Å². The maximum atomic E-state index is 13.1. The monoisotopic (exact) mass is 364 g/mol. The number of para-hydroxylation sites is 1. The van der Waals surface area contributed by atoms with Crippen molar-refractivity contribution in [1.82, 2.24) is 4.90 Å². The molecule has 0 spiro atoms. The molecule has 1 heterocycles. The fraction of sp³-hybridized carbons (Fsp3) is 0.391. The number of hydrogen-bond donors (Lipinski definition) is 1. The molecule has 2 amide bonds. The Hall–Kier alpha value is -2.62. The van der Waals surface area contributed by atoms with Gasteiger partial charge in [-0.15, -0.1) is 0 Å². The summed E-state index contributed by atoms with van der Waals surface area (Å²) in [6.07, 6.45) is 5.76. The highest BCUT2D eigenvalue weighted by atomic mass is 16.2. The molecular formula is C23H28N2O2. The fourth-order valence-corrected chi connectivity index (χ4v) is 3.80. The molecule has 1 saturated heterocycles. The number of carbonyl (C=O) groups is 2. The van der Waals surface area contributed by atoms with Crippen molar-refractivity contribution in [2.75, 3.05) is 18.4 Å². The minimum atomic E-state index is -0.199. The van der Waals surface area contributed by atoms with Gasteiger partial charge in [-0.3, -0.25) is 9.59 Å². The summed E-state index contributed by atoms with van der Waals surface area (Å²) < 4.78 is 0. The van der Waals surface area contributed by atoms with Gasteiger partial charge in [0.1, 0.15) is 0 Å². The van der Waals surface area contributed by atoms with Gasteiger partial charge in [-0.25, -0.2) is 0 Å². The molecule has 1 aliphatic rings. The van der Waals surface area contributed by atoms with Gasteiger partial charge in [0, 0.05) is 18.7 Å². The number of benzene rings is 2. The summed E-state index contributed by atoms with van der Waals surface area (Å²) >= 11 is 0. The highest BCUT2D eigenvalue weighted by Gasteiger charge is 2.23. The molecule has 0 aromatic heterocycles. The zero-order valence-corrected chi connectivity index (χ0v) is 16.0. The van der Waals surface area contributed by atoms with Gasteiger partial charge in [0.05, 0.1) is 11.3 Å². The molecule has 142 valence electrons. The van der Waals surface area contributed by atoms with E-state index in [4.69, 9.17) is 0 Å². The highest BCUT2D eigenvalue weighted by Crippen LogP contribution is 2.25. The van der Waals surface area contributed by atoms with E-state index in [1.54, 1.807) is 24.3 Å². The minimum absolute atomic E-state index is 0.0103. The molecule has 0 radical (unpaired) electrons. The largest absolute Gasteiger partial charge is 0.339 e. The van der Waals surface area contributed by atoms with Crippen LogP contribution in [0.2, 0.25) is 0 Å². The Morgan fingerprint density at radius 2 is 1.74 bits per heavy atom. The summed E-state index contributed by atoms with van der Waals surface area (Å²) in [7, 11) is 0. The first-order chi connectivity index (χ1) is 13.2. The Bertz CT molecular complexity index is 773. The van der Waals surface area contributed by atoms with Crippen LogP contribution in [0.25, 0.3) is 0 Å². The third-order valence-corrected chi connectivity index (χ3v) is 5.27. The number of amides is 2. The zero-order valence-electron chi connectivity index (χ0n) is 16.0. The van der Waals surface area contributed by atoms with E-state index in [1.165, 1.54) is 19.3 Å². The van der Waals surface area contributed by atoms with Crippen molar-refractivity contribution in [1.29, 1.82) is 0 Å². The van der Waals surface area contributed by atoms with Gasteiger partial charge >= 0.3 is 0 Å². The quantitative estimate of drug-likeness (QED) is 0.813. The van der Waals surface area contributed by atoms with Crippen LogP contribution in [0.3, 0.4) is 0 Å². The molecule has 2 aromatic rings. The lowest BCUT2D eigenvalue weighted by atomic mass is 9.96. The summed E-state index contributed by atoms with van der Waals surface area (Å²) in [5.74, 6) is 0.534. The molecule has 1 atom stereocenters. The Morgan fingerprint density at radius 3 is 2.52 bits per heavy atom. The maximum Gasteiger partial charge on any atom is 0.255 e. The Balaban J connectivity index is 1.73. The summed E-state index contributed by atoms with van der Waals surface area (Å²) in [6, 6.07) is 16.4. The number of hydrogen-bond acceptors (Lipinski definition) is 2. The molecule has 1 N–H and O–H groups in total. The van der Waals surface area contributed by atoms with Crippen molar-refractivity contribution >= 4 is 17.5 Å². The third-order valence-electron chi connectivity index (χ3n) is 5.27. The second-order valence-electron chi connectivity index (χ2n) is 7.24. The molecule has 0 saturated carbocycles. The Morgan fingerprint density at radius 1 is 1.00 bits per heavy atom. The van der Waals surface area contributed by atoms with Gasteiger partial charge in [-0.05, 0) is 49.4 Å². The van der Waals surface area contributed by atoms with E-state index in [9.17, 15) is 9.59 Å². The lowest BCUT2D eigenvalue weighted by Crippen LogP contribution is -2.32. The van der Waals surface area contributed by atoms with Gasteiger partial charge in [0.25, 0.3) is 11.8 Å². The first-order valence-electron chi connectivity index (χ1n) is 9.93. The molecule has 27 heavy (non-hydrogen) atoms. The van der Waals surface area contributed by atoms with E-state index in [1.807, 2.05) is 35.2 Å². The van der Waals surface area contributed by atoms with Gasteiger partial charge in [0.2, 0.25) is 0 Å². The summed E-state index contributed by atoms with van der Waals surface area (Å²) in [5, 5.41) is 2.91. The molecule has 4 heteroatoms. The molecule has 3 rings (SSSR count). The average Bonchev–Trinajstić information content (AvgIpc) is 2.94. The molecule has 0 aliphatic carbocycles. The van der Waals surface area contributed by atoms with Crippen molar-refractivity contribution in [2.45, 2.75) is 39.0 Å². The molecule has 1 unspecified atom stereocenters. The Kier molecular flexibility index (Phi) is 6.64. The topological polar surface area (TPSA) is 49.4 Å². The van der Waals surface area contributed by atoms with Crippen LogP contribution in [-0.2, 0) is 0 Å². The number of likely N-dealkylation sites (tertiary alicyclic amines) is 1. The van der Waals surface area contributed by atoms with Crippen molar-refractivity contribution in [3.05, 3.63) is 65.7 Å². The number of nitrogens with zero attached hydrogens (tertiary/aromatic N) is 1. The lowest BCUT2D eigenvalue weighted by Gasteiger charge is -2.22. The maximum absolute atomic E-state index is 13.1. The minimum Gasteiger partial charge on any atom is -0.339 e. The van der Waals surface area contributed by atoms with Gasteiger partial charge in [0.15, 0.2) is 0 Å². The number of carbonyl (C=O) groups excluding carboxylic acids is 2. The predicted octanol–water partition coefficient (Wildman–Crippen LogP) is 4.98. The fourth-order valence-electron chi connectivity index (χ4n) is 3.80. The van der Waals surface area contributed by atoms with E-state index in [0.29, 0.717) is 16.8 Å². The lowest BCUT2D eigenvalue weighted by molar-refractivity contribution is 0.0761. The molecule has 0 bridgehead atoms. The zero-order chi connectivity index (χ0) is 19.1. The number of nitrogens with one attached hydrogen (secondary N) is 1. The van der Waals surface area contributed by atoms with Crippen molar-refractivity contribution in [2.24, 2.45) is 5.92 Å². The van der Waals surface area contributed by atoms with Crippen LogP contribution in [0.5, 0.6) is 0 Å². The van der Waals surface area contributed by atoms with Crippen LogP contribution >= 0.6 is 0 Å². The van der Waals surface area contributed by atoms with Crippen LogP contribution < -0.4 is 5.32 Å². The van der Waals surface area contributed by atoms with Gasteiger partial charge in [-0.1, -0.05) is 50.1 Å². The Labute approximate surface area is 161 Å². The van der Waals surface area contributed by atoms with Crippen molar-refractivity contribution in [3.8, 4) is 0 Å². The summed E-state index contributed by atoms with van der Waals surface area (Å²) in [5.41, 5.74) is 1.72. The second kappa shape index (κ2) is 9.36. The summed E-state index contributed by atoms with van der Waals surface area (Å²) in [6.45, 7) is 3.81. The second-order valence-corrected chi connectivity index (χ2v) is 7.24. The highest BCUT2D eigenvalue weighted by molar-refractivity contribution is 6.09. The smallest absolute Gasteiger partial charge is 0.255 e. The van der Waals surface area contributed by atoms with Crippen LogP contribution in [0.1, 0.15) is 59.7 Å². The molecular weight excluding hydrogens is 336 g/mol. The first-order valence-corrected chi connectivity index (χ1v) is 9.93. The van der Waals surface area contributed by atoms with Crippen LogP contribution in [0.4, 0.5) is 5.69 Å². The number of anilines is 1. The van der Waals surface area contributed by atoms with E-state index in [0.717, 1.165) is 31.8 Å². The molecule has 1 fully saturated rings. The molecule has 1 aliphatic heterocycles. The third kappa shape index (κ3) is 4.97. The van der Waals surface area contributed by atoms with Crippen LogP contribution in [0, 0.1) is 5.92 Å². The van der Waals surface area contributed by atoms with Crippen molar-refractivity contribution < 1.29 is 9.59 Å².